The second-order valence-electron chi connectivity index (χ2n) is 6.81. The van der Waals surface area contributed by atoms with Crippen molar-refractivity contribution < 1.29 is 9.90 Å². The molecule has 1 atom stereocenters. The Morgan fingerprint density at radius 3 is 2.55 bits per heavy atom. The normalized spacial score (nSPS) is 14.1. The van der Waals surface area contributed by atoms with Gasteiger partial charge in [0, 0.05) is 23.1 Å². The zero-order chi connectivity index (χ0) is 22.0. The minimum absolute atomic E-state index is 0.159. The van der Waals surface area contributed by atoms with E-state index in [1.165, 1.54) is 12.4 Å². The van der Waals surface area contributed by atoms with Crippen LogP contribution in [-0.2, 0) is 11.2 Å². The van der Waals surface area contributed by atoms with Crippen LogP contribution in [0.2, 0.25) is 5.02 Å². The first kappa shape index (κ1) is 20.9. The second kappa shape index (κ2) is 8.81. The largest absolute Gasteiger partial charge is 0.480 e. The summed E-state index contributed by atoms with van der Waals surface area (Å²) >= 11 is 12.1. The van der Waals surface area contributed by atoms with E-state index in [1.54, 1.807) is 29.4 Å². The molecular formula is C21H17Cl2N5O3. The van der Waals surface area contributed by atoms with Crippen LogP contribution in [-0.4, -0.2) is 20.6 Å². The molecule has 1 aromatic heterocycles. The first-order valence-electron chi connectivity index (χ1n) is 9.25. The Morgan fingerprint density at radius 2 is 1.90 bits per heavy atom. The summed E-state index contributed by atoms with van der Waals surface area (Å²) in [7, 11) is 0. The van der Waals surface area contributed by atoms with Crippen LogP contribution in [0.25, 0.3) is 11.3 Å². The topological polar surface area (TPSA) is 99.5 Å². The number of nitrogens with one attached hydrogen (secondary N) is 2. The fourth-order valence-electron chi connectivity index (χ4n) is 3.28. The predicted molar refractivity (Wildman–Crippen MR) is 118 cm³/mol. The van der Waals surface area contributed by atoms with E-state index >= 15 is 0 Å². The summed E-state index contributed by atoms with van der Waals surface area (Å²) < 4.78 is 1.12. The van der Waals surface area contributed by atoms with Crippen molar-refractivity contribution in [1.29, 1.82) is 0 Å². The number of anilines is 1. The molecule has 0 amide bonds. The molecule has 0 fully saturated rings. The summed E-state index contributed by atoms with van der Waals surface area (Å²) in [5, 5.41) is 12.2. The second-order valence-corrected chi connectivity index (χ2v) is 7.65. The van der Waals surface area contributed by atoms with Crippen molar-refractivity contribution in [2.24, 2.45) is 0 Å². The molecular weight excluding hydrogens is 441 g/mol. The van der Waals surface area contributed by atoms with Crippen LogP contribution in [0, 0.1) is 0 Å². The molecule has 0 radical (unpaired) electrons. The smallest absolute Gasteiger partial charge is 0.327 e. The van der Waals surface area contributed by atoms with Gasteiger partial charge in [0.25, 0.3) is 5.56 Å². The van der Waals surface area contributed by atoms with E-state index in [1.807, 2.05) is 30.3 Å². The molecule has 31 heavy (non-hydrogen) atoms. The Kier molecular flexibility index (Phi) is 5.94. The highest BCUT2D eigenvalue weighted by Gasteiger charge is 2.23. The molecule has 0 spiro atoms. The van der Waals surface area contributed by atoms with Crippen molar-refractivity contribution in [3.05, 3.63) is 93.2 Å². The molecule has 2 heterocycles. The number of rotatable bonds is 6. The van der Waals surface area contributed by atoms with Crippen molar-refractivity contribution in [3.63, 3.8) is 0 Å². The van der Waals surface area contributed by atoms with Crippen LogP contribution >= 0.6 is 23.2 Å². The lowest BCUT2D eigenvalue weighted by molar-refractivity contribution is -0.141. The standard InChI is InChI=1S/C21H17Cl2N5O3/c22-14-6-7-17(28-11-19(23)25-26-28)15(9-14)16-10-20(29)27(12-24-16)18(21(30)31)8-13-4-2-1-3-5-13/h1-7,9-12,18,25-26H,8H2,(H,30,31)/t18-/m0/s1. The fourth-order valence-corrected chi connectivity index (χ4v) is 3.59. The third kappa shape index (κ3) is 4.56. The number of aliphatic carboxylic acids is 1. The Balaban J connectivity index is 1.72. The average molecular weight is 458 g/mol. The monoisotopic (exact) mass is 457 g/mol. The fraction of sp³-hybridized carbons (Fsp3) is 0.0952. The van der Waals surface area contributed by atoms with Gasteiger partial charge in [0.15, 0.2) is 0 Å². The number of hydrazine groups is 2. The molecule has 2 aromatic carbocycles. The molecule has 0 aliphatic carbocycles. The molecule has 0 saturated carbocycles. The van der Waals surface area contributed by atoms with Gasteiger partial charge < -0.3 is 5.11 Å². The van der Waals surface area contributed by atoms with Crippen LogP contribution in [0.4, 0.5) is 5.69 Å². The maximum atomic E-state index is 12.9. The molecule has 8 nitrogen and oxygen atoms in total. The van der Waals surface area contributed by atoms with E-state index in [-0.39, 0.29) is 6.42 Å². The van der Waals surface area contributed by atoms with E-state index in [4.69, 9.17) is 23.2 Å². The van der Waals surface area contributed by atoms with Gasteiger partial charge in [0.2, 0.25) is 0 Å². The number of carboxylic acids is 1. The van der Waals surface area contributed by atoms with E-state index in [9.17, 15) is 14.7 Å². The summed E-state index contributed by atoms with van der Waals surface area (Å²) in [6.45, 7) is 0. The van der Waals surface area contributed by atoms with Gasteiger partial charge in [-0.3, -0.25) is 19.8 Å². The Bertz CT molecular complexity index is 1210. The molecule has 1 aliphatic rings. The van der Waals surface area contributed by atoms with Gasteiger partial charge in [0.05, 0.1) is 23.9 Å². The lowest BCUT2D eigenvalue weighted by Crippen LogP contribution is -2.36. The average Bonchev–Trinajstić information content (AvgIpc) is 3.19. The number of benzene rings is 2. The number of aromatic nitrogens is 2. The lowest BCUT2D eigenvalue weighted by Gasteiger charge is -2.20. The molecule has 4 rings (SSSR count). The summed E-state index contributed by atoms with van der Waals surface area (Å²) in [5.41, 5.74) is 7.51. The van der Waals surface area contributed by atoms with Gasteiger partial charge in [-0.25, -0.2) is 9.78 Å². The molecule has 10 heteroatoms. The highest BCUT2D eigenvalue weighted by Crippen LogP contribution is 2.32. The minimum atomic E-state index is -1.11. The number of hydrogen-bond acceptors (Lipinski definition) is 6. The first-order chi connectivity index (χ1) is 14.9. The van der Waals surface area contributed by atoms with Crippen molar-refractivity contribution in [2.45, 2.75) is 12.5 Å². The van der Waals surface area contributed by atoms with Crippen LogP contribution < -0.4 is 21.5 Å². The zero-order valence-electron chi connectivity index (χ0n) is 16.0. The Morgan fingerprint density at radius 1 is 1.13 bits per heavy atom. The van der Waals surface area contributed by atoms with Crippen LogP contribution in [0.5, 0.6) is 0 Å². The number of nitrogens with zero attached hydrogens (tertiary/aromatic N) is 3. The molecule has 0 bridgehead atoms. The van der Waals surface area contributed by atoms with E-state index in [2.05, 4.69) is 15.9 Å². The molecule has 0 saturated heterocycles. The van der Waals surface area contributed by atoms with Crippen molar-refractivity contribution in [2.75, 3.05) is 5.01 Å². The third-order valence-electron chi connectivity index (χ3n) is 4.76. The lowest BCUT2D eigenvalue weighted by atomic mass is 10.1. The third-order valence-corrected chi connectivity index (χ3v) is 5.19. The molecule has 1 aliphatic heterocycles. The predicted octanol–water partition coefficient (Wildman–Crippen LogP) is 3.30. The highest BCUT2D eigenvalue weighted by molar-refractivity contribution is 6.31. The van der Waals surface area contributed by atoms with Gasteiger partial charge in [-0.2, -0.15) is 0 Å². The number of carbonyl (C=O) groups is 1. The van der Waals surface area contributed by atoms with Gasteiger partial charge in [-0.05, 0) is 23.8 Å². The molecule has 3 aromatic rings. The van der Waals surface area contributed by atoms with Gasteiger partial charge in [-0.1, -0.05) is 53.5 Å². The molecule has 0 unspecified atom stereocenters. The Hall–Kier alpha value is -3.33. The zero-order valence-corrected chi connectivity index (χ0v) is 17.5. The summed E-state index contributed by atoms with van der Waals surface area (Å²) in [4.78, 5) is 29.1. The molecule has 3 N–H and O–H groups in total. The van der Waals surface area contributed by atoms with Gasteiger partial charge >= 0.3 is 5.97 Å². The van der Waals surface area contributed by atoms with E-state index in [0.717, 1.165) is 10.1 Å². The van der Waals surface area contributed by atoms with Crippen molar-refractivity contribution >= 4 is 34.9 Å². The summed E-state index contributed by atoms with van der Waals surface area (Å²) in [5.74, 6) is -1.11. The van der Waals surface area contributed by atoms with Gasteiger partial charge in [-0.15, -0.1) is 5.53 Å². The SMILES string of the molecule is O=C(O)[C@H](Cc1ccccc1)n1cnc(-c2cc(Cl)ccc2N2C=C(Cl)NN2)cc1=O. The highest BCUT2D eigenvalue weighted by atomic mass is 35.5. The Labute approximate surface area is 187 Å². The van der Waals surface area contributed by atoms with Crippen molar-refractivity contribution in [3.8, 4) is 11.3 Å². The minimum Gasteiger partial charge on any atom is -0.480 e. The quantitative estimate of drug-likeness (QED) is 0.488. The van der Waals surface area contributed by atoms with E-state index < -0.39 is 17.6 Å². The maximum Gasteiger partial charge on any atom is 0.327 e. The maximum absolute atomic E-state index is 12.9. The van der Waals surface area contributed by atoms with Crippen LogP contribution in [0.1, 0.15) is 11.6 Å². The van der Waals surface area contributed by atoms with Crippen LogP contribution in [0.15, 0.2) is 77.1 Å². The molecule has 158 valence electrons. The van der Waals surface area contributed by atoms with Crippen LogP contribution in [0.3, 0.4) is 0 Å². The van der Waals surface area contributed by atoms with Gasteiger partial charge in [0.1, 0.15) is 11.2 Å². The summed E-state index contributed by atoms with van der Waals surface area (Å²) in [6.07, 6.45) is 3.03. The number of hydrogen-bond donors (Lipinski definition) is 3. The van der Waals surface area contributed by atoms with Crippen molar-refractivity contribution in [1.82, 2.24) is 20.5 Å². The van der Waals surface area contributed by atoms with E-state index in [0.29, 0.717) is 27.1 Å². The number of carboxylic acid groups (broad SMARTS) is 1. The first-order valence-corrected chi connectivity index (χ1v) is 10.0. The number of halogens is 2. The summed E-state index contributed by atoms with van der Waals surface area (Å²) in [6, 6.07) is 14.5.